The van der Waals surface area contributed by atoms with Crippen LogP contribution in [-0.2, 0) is 0 Å². The van der Waals surface area contributed by atoms with Gasteiger partial charge in [-0.25, -0.2) is 0 Å². The zero-order valence-corrected chi connectivity index (χ0v) is 8.97. The van der Waals surface area contributed by atoms with Crippen LogP contribution in [0.3, 0.4) is 0 Å². The van der Waals surface area contributed by atoms with Crippen LogP contribution in [0, 0.1) is 16.7 Å². The molecule has 0 aromatic carbocycles. The second-order valence-corrected chi connectivity index (χ2v) is 5.57. The zero-order chi connectivity index (χ0) is 11.3. The van der Waals surface area contributed by atoms with E-state index in [1.54, 1.807) is 0 Å². The number of aliphatic hydroxyl groups excluding tert-OH is 1. The van der Waals surface area contributed by atoms with Gasteiger partial charge in [0.25, 0.3) is 0 Å². The van der Waals surface area contributed by atoms with Crippen molar-refractivity contribution in [1.82, 2.24) is 0 Å². The van der Waals surface area contributed by atoms with Crippen molar-refractivity contribution >= 4 is 0 Å². The zero-order valence-electron chi connectivity index (χ0n) is 8.97. The summed E-state index contributed by atoms with van der Waals surface area (Å²) >= 11 is 0. The van der Waals surface area contributed by atoms with Crippen molar-refractivity contribution in [2.45, 2.75) is 31.8 Å². The van der Waals surface area contributed by atoms with Gasteiger partial charge in [-0.3, -0.25) is 8.78 Å². The van der Waals surface area contributed by atoms with Gasteiger partial charge in [0.1, 0.15) is 0 Å². The van der Waals surface area contributed by atoms with E-state index in [1.165, 1.54) is 0 Å². The molecule has 0 aromatic heterocycles. The molecule has 0 saturated heterocycles. The van der Waals surface area contributed by atoms with Gasteiger partial charge in [0.15, 0.2) is 0 Å². The molecular weight excluding hydrogens is 202 g/mol. The lowest BCUT2D eigenvalue weighted by atomic mass is 9.54. The molecule has 2 atom stereocenters. The van der Waals surface area contributed by atoms with Crippen molar-refractivity contribution in [1.29, 1.82) is 0 Å². The van der Waals surface area contributed by atoms with E-state index in [1.807, 2.05) is 6.92 Å². The molecule has 2 unspecified atom stereocenters. The topological polar surface area (TPSA) is 40.5 Å². The number of halogens is 2. The Morgan fingerprint density at radius 2 is 1.73 bits per heavy atom. The third kappa shape index (κ3) is 1.27. The smallest absolute Gasteiger partial charge is 0.0977 e. The average Bonchev–Trinajstić information content (AvgIpc) is 2.86. The Balaban J connectivity index is 2.08. The summed E-state index contributed by atoms with van der Waals surface area (Å²) in [5, 5.41) is 19.6. The number of aliphatic hydroxyl groups is 2. The molecule has 0 bridgehead atoms. The van der Waals surface area contributed by atoms with E-state index < -0.39 is 29.8 Å². The number of hydrogen-bond acceptors (Lipinski definition) is 2. The molecule has 0 aromatic rings. The number of hydrogen-bond donors (Lipinski definition) is 2. The lowest BCUT2D eigenvalue weighted by molar-refractivity contribution is -0.196. The summed E-state index contributed by atoms with van der Waals surface area (Å²) in [4.78, 5) is 0. The predicted molar refractivity (Wildman–Crippen MR) is 51.9 cm³/mol. The van der Waals surface area contributed by atoms with E-state index in [9.17, 15) is 19.0 Å². The van der Waals surface area contributed by atoms with Crippen LogP contribution in [0.25, 0.3) is 0 Å². The van der Waals surface area contributed by atoms with Gasteiger partial charge in [-0.05, 0) is 25.2 Å². The maximum atomic E-state index is 12.6. The quantitative estimate of drug-likeness (QED) is 0.753. The van der Waals surface area contributed by atoms with Gasteiger partial charge in [0.2, 0.25) is 0 Å². The van der Waals surface area contributed by atoms with E-state index in [0.29, 0.717) is 0 Å². The Hall–Kier alpha value is -0.220. The third-order valence-electron chi connectivity index (χ3n) is 4.56. The number of alkyl halides is 2. The van der Waals surface area contributed by atoms with E-state index in [4.69, 9.17) is 0 Å². The average molecular weight is 220 g/mol. The van der Waals surface area contributed by atoms with Crippen molar-refractivity contribution < 1.29 is 19.0 Å². The molecule has 15 heavy (non-hydrogen) atoms. The highest BCUT2D eigenvalue weighted by Crippen LogP contribution is 2.68. The lowest BCUT2D eigenvalue weighted by Crippen LogP contribution is -2.60. The van der Waals surface area contributed by atoms with Gasteiger partial charge in [-0.15, -0.1) is 0 Å². The second-order valence-electron chi connectivity index (χ2n) is 5.57. The van der Waals surface area contributed by atoms with Crippen LogP contribution in [0.1, 0.15) is 26.2 Å². The predicted octanol–water partition coefficient (Wildman–Crippen LogP) is 1.46. The summed E-state index contributed by atoms with van der Waals surface area (Å²) in [5.41, 5.74) is -2.50. The van der Waals surface area contributed by atoms with Gasteiger partial charge in [0.05, 0.1) is 25.6 Å². The normalized spacial score (nSPS) is 41.0. The minimum Gasteiger partial charge on any atom is -0.396 e. The third-order valence-corrected chi connectivity index (χ3v) is 4.56. The molecule has 0 radical (unpaired) electrons. The Kier molecular flexibility index (Phi) is 2.36. The highest BCUT2D eigenvalue weighted by molar-refractivity contribution is 5.20. The Morgan fingerprint density at radius 1 is 1.27 bits per heavy atom. The van der Waals surface area contributed by atoms with Gasteiger partial charge < -0.3 is 10.2 Å². The molecule has 2 fully saturated rings. The summed E-state index contributed by atoms with van der Waals surface area (Å²) in [7, 11) is 0. The molecule has 2 aliphatic carbocycles. The molecule has 2 nitrogen and oxygen atoms in total. The largest absolute Gasteiger partial charge is 0.396 e. The summed E-state index contributed by atoms with van der Waals surface area (Å²) in [6.45, 7) is 0.432. The van der Waals surface area contributed by atoms with Crippen LogP contribution in [-0.4, -0.2) is 35.8 Å². The molecule has 2 N–H and O–H groups in total. The molecule has 2 saturated carbocycles. The minimum atomic E-state index is -1.04. The Labute approximate surface area is 88.3 Å². The van der Waals surface area contributed by atoms with Crippen LogP contribution in [0.5, 0.6) is 0 Å². The first-order valence-corrected chi connectivity index (χ1v) is 5.43. The SMILES string of the molecule is CC1CC1(CO)C1(O)CC(CF)(CF)C1. The van der Waals surface area contributed by atoms with Crippen molar-refractivity contribution in [2.75, 3.05) is 20.0 Å². The summed E-state index contributed by atoms with van der Waals surface area (Å²) in [6.07, 6.45) is 1.06. The molecule has 0 spiro atoms. The maximum Gasteiger partial charge on any atom is 0.0977 e. The number of rotatable bonds is 4. The fourth-order valence-electron chi connectivity index (χ4n) is 3.27. The van der Waals surface area contributed by atoms with E-state index >= 15 is 0 Å². The molecule has 88 valence electrons. The Bertz CT molecular complexity index is 253. The van der Waals surface area contributed by atoms with Crippen molar-refractivity contribution in [3.8, 4) is 0 Å². The van der Waals surface area contributed by atoms with Crippen LogP contribution in [0.15, 0.2) is 0 Å². The summed E-state index contributed by atoms with van der Waals surface area (Å²) in [5.74, 6) is 0.254. The van der Waals surface area contributed by atoms with Gasteiger partial charge in [0, 0.05) is 10.8 Å². The van der Waals surface area contributed by atoms with Crippen LogP contribution >= 0.6 is 0 Å². The van der Waals surface area contributed by atoms with Gasteiger partial charge >= 0.3 is 0 Å². The van der Waals surface area contributed by atoms with Crippen LogP contribution in [0.4, 0.5) is 8.78 Å². The Morgan fingerprint density at radius 3 is 2.00 bits per heavy atom. The summed E-state index contributed by atoms with van der Waals surface area (Å²) < 4.78 is 25.3. The minimum absolute atomic E-state index is 0.0840. The standard InChI is InChI=1S/C11H18F2O2/c1-8-2-10(8,7-14)11(15)3-9(4-11,5-12)6-13/h8,14-15H,2-7H2,1H3. The molecular formula is C11H18F2O2. The van der Waals surface area contributed by atoms with Crippen LogP contribution in [0.2, 0.25) is 0 Å². The maximum absolute atomic E-state index is 12.6. The van der Waals surface area contributed by atoms with Gasteiger partial charge in [-0.1, -0.05) is 6.92 Å². The first-order valence-electron chi connectivity index (χ1n) is 5.43. The van der Waals surface area contributed by atoms with Crippen molar-refractivity contribution in [2.24, 2.45) is 16.7 Å². The van der Waals surface area contributed by atoms with E-state index in [2.05, 4.69) is 0 Å². The fourth-order valence-corrected chi connectivity index (χ4v) is 3.27. The highest BCUT2D eigenvalue weighted by atomic mass is 19.1. The molecule has 2 aliphatic rings. The summed E-state index contributed by atoms with van der Waals surface area (Å²) in [6, 6.07) is 0. The molecule has 2 rings (SSSR count). The monoisotopic (exact) mass is 220 g/mol. The highest BCUT2D eigenvalue weighted by Gasteiger charge is 2.71. The first-order chi connectivity index (χ1) is 6.97. The van der Waals surface area contributed by atoms with Crippen molar-refractivity contribution in [3.63, 3.8) is 0 Å². The van der Waals surface area contributed by atoms with Crippen molar-refractivity contribution in [3.05, 3.63) is 0 Å². The molecule has 0 heterocycles. The second kappa shape index (κ2) is 3.14. The molecule has 0 aliphatic heterocycles. The van der Waals surface area contributed by atoms with Gasteiger partial charge in [-0.2, -0.15) is 0 Å². The first kappa shape index (κ1) is 11.3. The molecule has 0 amide bonds. The van der Waals surface area contributed by atoms with Crippen LogP contribution < -0.4 is 0 Å². The lowest BCUT2D eigenvalue weighted by Gasteiger charge is -2.55. The molecule has 4 heteroatoms. The van der Waals surface area contributed by atoms with E-state index in [0.717, 1.165) is 6.42 Å². The fraction of sp³-hybridized carbons (Fsp3) is 1.00. The van der Waals surface area contributed by atoms with E-state index in [-0.39, 0.29) is 25.4 Å².